The normalized spacial score (nSPS) is 17.4. The summed E-state index contributed by atoms with van der Waals surface area (Å²) in [5, 5.41) is 2.95. The standard InChI is InChI=1S/C28H38FN7O4/c1-35(2)13-5-11-30-27(37)20-17-39-24(40-18-20)16-23-33-25(19-6-8-21(29)9-7-19)26(34-23)22-10-12-31-28(32-22)38-15-14-36(3)4/h6-10,12,20,24H,5,11,13-18H2,1-4H3,(H,30,37)(H,33,34). The molecule has 12 heteroatoms. The number of nitrogens with one attached hydrogen (secondary N) is 2. The first kappa shape index (κ1) is 29.5. The van der Waals surface area contributed by atoms with Gasteiger partial charge in [0.25, 0.3) is 0 Å². The fourth-order valence-corrected chi connectivity index (χ4v) is 4.11. The van der Waals surface area contributed by atoms with Crippen molar-refractivity contribution in [3.05, 3.63) is 48.2 Å². The molecular weight excluding hydrogens is 517 g/mol. The molecule has 0 saturated carbocycles. The highest BCUT2D eigenvalue weighted by atomic mass is 19.1. The summed E-state index contributed by atoms with van der Waals surface area (Å²) >= 11 is 0. The van der Waals surface area contributed by atoms with Gasteiger partial charge in [-0.05, 0) is 71.5 Å². The number of carbonyl (C=O) groups excluding carboxylic acids is 1. The monoisotopic (exact) mass is 555 g/mol. The lowest BCUT2D eigenvalue weighted by Gasteiger charge is -2.28. The fourth-order valence-electron chi connectivity index (χ4n) is 4.11. The Labute approximate surface area is 234 Å². The van der Waals surface area contributed by atoms with Gasteiger partial charge >= 0.3 is 6.01 Å². The van der Waals surface area contributed by atoms with Gasteiger partial charge in [0.2, 0.25) is 5.91 Å². The van der Waals surface area contributed by atoms with Crippen LogP contribution in [0.3, 0.4) is 0 Å². The molecule has 0 spiro atoms. The van der Waals surface area contributed by atoms with E-state index >= 15 is 0 Å². The van der Waals surface area contributed by atoms with Crippen LogP contribution in [0, 0.1) is 11.7 Å². The van der Waals surface area contributed by atoms with Crippen molar-refractivity contribution < 1.29 is 23.4 Å². The molecule has 1 aromatic carbocycles. The number of benzene rings is 1. The SMILES string of the molecule is CN(C)CCCNC(=O)C1COC(Cc2nc(-c3ccc(F)cc3)c(-c3ccnc(OCCN(C)C)n3)[nH]2)OC1. The minimum atomic E-state index is -0.562. The van der Waals surface area contributed by atoms with E-state index in [-0.39, 0.29) is 36.9 Å². The van der Waals surface area contributed by atoms with E-state index in [1.54, 1.807) is 24.4 Å². The molecule has 0 atom stereocenters. The zero-order valence-electron chi connectivity index (χ0n) is 23.5. The van der Waals surface area contributed by atoms with Crippen molar-refractivity contribution in [1.82, 2.24) is 35.1 Å². The Morgan fingerprint density at radius 1 is 1.07 bits per heavy atom. The maximum atomic E-state index is 13.6. The number of rotatable bonds is 13. The van der Waals surface area contributed by atoms with Gasteiger partial charge in [-0.3, -0.25) is 4.79 Å². The summed E-state index contributed by atoms with van der Waals surface area (Å²) in [7, 11) is 7.93. The van der Waals surface area contributed by atoms with Crippen molar-refractivity contribution in [2.24, 2.45) is 5.92 Å². The molecule has 2 N–H and O–H groups in total. The van der Waals surface area contributed by atoms with E-state index in [0.29, 0.717) is 42.5 Å². The third kappa shape index (κ3) is 8.52. The van der Waals surface area contributed by atoms with E-state index in [1.165, 1.54) is 12.1 Å². The summed E-state index contributed by atoms with van der Waals surface area (Å²) in [4.78, 5) is 33.5. The molecule has 3 aromatic rings. The molecule has 1 fully saturated rings. The number of imidazole rings is 1. The highest BCUT2D eigenvalue weighted by Gasteiger charge is 2.29. The first-order valence-electron chi connectivity index (χ1n) is 13.4. The number of nitrogens with zero attached hydrogens (tertiary/aromatic N) is 5. The zero-order valence-corrected chi connectivity index (χ0v) is 23.5. The third-order valence-electron chi connectivity index (χ3n) is 6.31. The summed E-state index contributed by atoms with van der Waals surface area (Å²) in [6.45, 7) is 3.22. The van der Waals surface area contributed by atoms with Gasteiger partial charge in [-0.1, -0.05) is 0 Å². The molecule has 1 amide bonds. The second-order valence-electron chi connectivity index (χ2n) is 10.2. The molecule has 0 radical (unpaired) electrons. The Balaban J connectivity index is 1.44. The zero-order chi connectivity index (χ0) is 28.5. The molecule has 1 aliphatic heterocycles. The number of H-pyrrole nitrogens is 1. The van der Waals surface area contributed by atoms with Gasteiger partial charge < -0.3 is 34.3 Å². The number of carbonyl (C=O) groups is 1. The maximum absolute atomic E-state index is 13.6. The molecule has 1 saturated heterocycles. The van der Waals surface area contributed by atoms with Crippen LogP contribution >= 0.6 is 0 Å². The Kier molecular flexibility index (Phi) is 10.5. The van der Waals surface area contributed by atoms with Gasteiger partial charge in [-0.2, -0.15) is 4.98 Å². The second kappa shape index (κ2) is 14.3. The molecule has 40 heavy (non-hydrogen) atoms. The third-order valence-corrected chi connectivity index (χ3v) is 6.31. The highest BCUT2D eigenvalue weighted by Crippen LogP contribution is 2.30. The lowest BCUT2D eigenvalue weighted by atomic mass is 10.1. The van der Waals surface area contributed by atoms with Crippen molar-refractivity contribution in [2.45, 2.75) is 19.1 Å². The Morgan fingerprint density at radius 2 is 1.80 bits per heavy atom. The maximum Gasteiger partial charge on any atom is 0.316 e. The molecule has 0 aliphatic carbocycles. The largest absolute Gasteiger partial charge is 0.462 e. The minimum absolute atomic E-state index is 0.0662. The van der Waals surface area contributed by atoms with Crippen LogP contribution in [0.1, 0.15) is 12.2 Å². The molecule has 1 aliphatic rings. The van der Waals surface area contributed by atoms with Gasteiger partial charge in [0.05, 0.1) is 42.6 Å². The second-order valence-corrected chi connectivity index (χ2v) is 10.2. The predicted molar refractivity (Wildman–Crippen MR) is 148 cm³/mol. The van der Waals surface area contributed by atoms with Crippen LogP contribution in [-0.4, -0.2) is 110 Å². The fraction of sp³-hybridized carbons (Fsp3) is 0.500. The molecular formula is C28H38FN7O4. The Bertz CT molecular complexity index is 1230. The molecule has 0 bridgehead atoms. The van der Waals surface area contributed by atoms with Crippen molar-refractivity contribution >= 4 is 5.91 Å². The number of ether oxygens (including phenoxy) is 3. The van der Waals surface area contributed by atoms with Crippen LogP contribution in [0.25, 0.3) is 22.6 Å². The Hall–Kier alpha value is -3.45. The summed E-state index contributed by atoms with van der Waals surface area (Å²) in [5.41, 5.74) is 2.57. The molecule has 11 nitrogen and oxygen atoms in total. The van der Waals surface area contributed by atoms with E-state index in [1.807, 2.05) is 33.1 Å². The molecule has 216 valence electrons. The van der Waals surface area contributed by atoms with Gasteiger partial charge in [0.1, 0.15) is 18.2 Å². The predicted octanol–water partition coefficient (Wildman–Crippen LogP) is 2.21. The highest BCUT2D eigenvalue weighted by molar-refractivity contribution is 5.79. The average molecular weight is 556 g/mol. The number of hydrogen-bond donors (Lipinski definition) is 2. The van der Waals surface area contributed by atoms with Crippen LogP contribution in [0.15, 0.2) is 36.5 Å². The summed E-state index contributed by atoms with van der Waals surface area (Å²) in [6.07, 6.45) is 2.28. The van der Waals surface area contributed by atoms with Crippen molar-refractivity contribution in [1.29, 1.82) is 0 Å². The van der Waals surface area contributed by atoms with Gasteiger partial charge in [0, 0.05) is 24.8 Å². The quantitative estimate of drug-likeness (QED) is 0.306. The van der Waals surface area contributed by atoms with Gasteiger partial charge in [0.15, 0.2) is 6.29 Å². The van der Waals surface area contributed by atoms with E-state index < -0.39 is 6.29 Å². The number of aromatic amines is 1. The van der Waals surface area contributed by atoms with Crippen LogP contribution in [0.2, 0.25) is 0 Å². The first-order valence-corrected chi connectivity index (χ1v) is 13.4. The average Bonchev–Trinajstić information content (AvgIpc) is 3.35. The van der Waals surface area contributed by atoms with Crippen molar-refractivity contribution in [3.63, 3.8) is 0 Å². The number of halogens is 1. The van der Waals surface area contributed by atoms with Crippen LogP contribution < -0.4 is 10.1 Å². The summed E-state index contributed by atoms with van der Waals surface area (Å²) in [5.74, 6) is -0.146. The topological polar surface area (TPSA) is 118 Å². The van der Waals surface area contributed by atoms with Crippen molar-refractivity contribution in [2.75, 3.05) is 67.6 Å². The van der Waals surface area contributed by atoms with Gasteiger partial charge in [-0.25, -0.2) is 14.4 Å². The molecule has 4 rings (SSSR count). The number of amides is 1. The smallest absolute Gasteiger partial charge is 0.316 e. The van der Waals surface area contributed by atoms with E-state index in [0.717, 1.165) is 25.1 Å². The van der Waals surface area contributed by atoms with Crippen molar-refractivity contribution in [3.8, 4) is 28.7 Å². The molecule has 0 unspecified atom stereocenters. The van der Waals surface area contributed by atoms with Crippen LogP contribution in [-0.2, 0) is 20.7 Å². The minimum Gasteiger partial charge on any atom is -0.462 e. The first-order chi connectivity index (χ1) is 19.3. The lowest BCUT2D eigenvalue weighted by Crippen LogP contribution is -2.43. The molecule has 3 heterocycles. The number of likely N-dealkylation sites (N-methyl/N-ethyl adjacent to an activating group) is 1. The van der Waals surface area contributed by atoms with E-state index in [9.17, 15) is 9.18 Å². The Morgan fingerprint density at radius 3 is 2.50 bits per heavy atom. The number of aromatic nitrogens is 4. The van der Waals surface area contributed by atoms with Crippen LogP contribution in [0.5, 0.6) is 6.01 Å². The van der Waals surface area contributed by atoms with E-state index in [2.05, 4.69) is 25.2 Å². The lowest BCUT2D eigenvalue weighted by molar-refractivity contribution is -0.200. The number of hydrogen-bond acceptors (Lipinski definition) is 9. The van der Waals surface area contributed by atoms with E-state index in [4.69, 9.17) is 19.2 Å². The van der Waals surface area contributed by atoms with Crippen LogP contribution in [0.4, 0.5) is 4.39 Å². The summed E-state index contributed by atoms with van der Waals surface area (Å²) in [6, 6.07) is 8.14. The van der Waals surface area contributed by atoms with Gasteiger partial charge in [-0.15, -0.1) is 0 Å². The molecule has 2 aromatic heterocycles. The summed E-state index contributed by atoms with van der Waals surface area (Å²) < 4.78 is 31.1.